The van der Waals surface area contributed by atoms with Crippen LogP contribution in [0.3, 0.4) is 0 Å². The largest absolute Gasteiger partial charge is 0.327 e. The van der Waals surface area contributed by atoms with Crippen molar-refractivity contribution >= 4 is 0 Å². The summed E-state index contributed by atoms with van der Waals surface area (Å²) in [6.45, 7) is 4.76. The van der Waals surface area contributed by atoms with Gasteiger partial charge in [0.25, 0.3) is 0 Å². The van der Waals surface area contributed by atoms with Gasteiger partial charge in [-0.1, -0.05) is 6.07 Å². The normalized spacial score (nSPS) is 12.7. The van der Waals surface area contributed by atoms with E-state index in [-0.39, 0.29) is 6.04 Å². The van der Waals surface area contributed by atoms with E-state index in [0.717, 1.165) is 24.0 Å². The van der Waals surface area contributed by atoms with Crippen molar-refractivity contribution in [3.8, 4) is 0 Å². The van der Waals surface area contributed by atoms with Gasteiger partial charge in [0.15, 0.2) is 11.6 Å². The standard InChI is InChI=1S/C15H19F2N3/c1-3-20-13(6-10(2)19-20)9-12(18)7-11-4-5-14(16)15(17)8-11/h4-6,8,12H,3,7,9,18H2,1-2H3. The maximum Gasteiger partial charge on any atom is 0.159 e. The van der Waals surface area contributed by atoms with Crippen molar-refractivity contribution < 1.29 is 8.78 Å². The maximum atomic E-state index is 13.1. The molecule has 1 unspecified atom stereocenters. The third-order valence-electron chi connectivity index (χ3n) is 3.24. The number of aryl methyl sites for hydroxylation is 2. The summed E-state index contributed by atoms with van der Waals surface area (Å²) >= 11 is 0. The van der Waals surface area contributed by atoms with Gasteiger partial charge >= 0.3 is 0 Å². The third kappa shape index (κ3) is 3.42. The van der Waals surface area contributed by atoms with Crippen LogP contribution >= 0.6 is 0 Å². The lowest BCUT2D eigenvalue weighted by atomic mass is 10.0. The Morgan fingerprint density at radius 2 is 1.95 bits per heavy atom. The Labute approximate surface area is 117 Å². The molecule has 0 spiro atoms. The number of halogens is 2. The number of nitrogens with zero attached hydrogens (tertiary/aromatic N) is 2. The van der Waals surface area contributed by atoms with Crippen molar-refractivity contribution in [1.29, 1.82) is 0 Å². The van der Waals surface area contributed by atoms with Crippen LogP contribution in [-0.2, 0) is 19.4 Å². The van der Waals surface area contributed by atoms with E-state index < -0.39 is 11.6 Å². The minimum absolute atomic E-state index is 0.152. The second-order valence-corrected chi connectivity index (χ2v) is 5.01. The van der Waals surface area contributed by atoms with E-state index in [1.54, 1.807) is 6.07 Å². The molecule has 0 saturated heterocycles. The first-order chi connectivity index (χ1) is 9.49. The third-order valence-corrected chi connectivity index (χ3v) is 3.24. The highest BCUT2D eigenvalue weighted by atomic mass is 19.2. The smallest absolute Gasteiger partial charge is 0.159 e. The Morgan fingerprint density at radius 1 is 1.20 bits per heavy atom. The predicted molar refractivity (Wildman–Crippen MR) is 74.4 cm³/mol. The minimum atomic E-state index is -0.831. The van der Waals surface area contributed by atoms with Crippen LogP contribution in [-0.4, -0.2) is 15.8 Å². The van der Waals surface area contributed by atoms with E-state index in [9.17, 15) is 8.78 Å². The number of rotatable bonds is 5. The van der Waals surface area contributed by atoms with Crippen molar-refractivity contribution in [2.75, 3.05) is 0 Å². The molecule has 20 heavy (non-hydrogen) atoms. The zero-order valence-corrected chi connectivity index (χ0v) is 11.7. The van der Waals surface area contributed by atoms with Crippen LogP contribution in [0.25, 0.3) is 0 Å². The first-order valence-electron chi connectivity index (χ1n) is 6.72. The van der Waals surface area contributed by atoms with E-state index in [1.165, 1.54) is 6.07 Å². The molecular formula is C15H19F2N3. The van der Waals surface area contributed by atoms with Crippen LogP contribution in [0.1, 0.15) is 23.9 Å². The van der Waals surface area contributed by atoms with Gasteiger partial charge < -0.3 is 5.73 Å². The van der Waals surface area contributed by atoms with Gasteiger partial charge in [0.05, 0.1) is 5.69 Å². The molecule has 1 atom stereocenters. The van der Waals surface area contributed by atoms with Gasteiger partial charge in [0.1, 0.15) is 0 Å². The molecule has 0 fully saturated rings. The predicted octanol–water partition coefficient (Wildman–Crippen LogP) is 2.60. The Morgan fingerprint density at radius 3 is 2.60 bits per heavy atom. The zero-order valence-electron chi connectivity index (χ0n) is 11.7. The minimum Gasteiger partial charge on any atom is -0.327 e. The van der Waals surface area contributed by atoms with Gasteiger partial charge in [-0.2, -0.15) is 5.10 Å². The van der Waals surface area contributed by atoms with Gasteiger partial charge in [-0.05, 0) is 44.0 Å². The number of hydrogen-bond acceptors (Lipinski definition) is 2. The Hall–Kier alpha value is -1.75. The molecule has 2 N–H and O–H groups in total. The zero-order chi connectivity index (χ0) is 14.7. The van der Waals surface area contributed by atoms with Gasteiger partial charge in [0.2, 0.25) is 0 Å². The lowest BCUT2D eigenvalue weighted by Gasteiger charge is -2.12. The molecule has 108 valence electrons. The second-order valence-electron chi connectivity index (χ2n) is 5.01. The van der Waals surface area contributed by atoms with E-state index in [1.807, 2.05) is 24.6 Å². The van der Waals surface area contributed by atoms with Crippen LogP contribution in [0.15, 0.2) is 24.3 Å². The van der Waals surface area contributed by atoms with Crippen molar-refractivity contribution in [2.24, 2.45) is 5.73 Å². The summed E-state index contributed by atoms with van der Waals surface area (Å²) in [4.78, 5) is 0. The number of aromatic nitrogens is 2. The summed E-state index contributed by atoms with van der Waals surface area (Å²) in [5.41, 5.74) is 8.84. The molecule has 1 aromatic carbocycles. The lowest BCUT2D eigenvalue weighted by Crippen LogP contribution is -2.27. The van der Waals surface area contributed by atoms with E-state index >= 15 is 0 Å². The van der Waals surface area contributed by atoms with Crippen LogP contribution in [0.4, 0.5) is 8.78 Å². The molecule has 0 aliphatic heterocycles. The number of hydrogen-bond donors (Lipinski definition) is 1. The first kappa shape index (κ1) is 14.7. The van der Waals surface area contributed by atoms with Crippen LogP contribution in [0, 0.1) is 18.6 Å². The Bertz CT molecular complexity index is 593. The van der Waals surface area contributed by atoms with E-state index in [4.69, 9.17) is 5.73 Å². The SMILES string of the molecule is CCn1nc(C)cc1CC(N)Cc1ccc(F)c(F)c1. The molecule has 2 aromatic rings. The fraction of sp³-hybridized carbons (Fsp3) is 0.400. The quantitative estimate of drug-likeness (QED) is 0.914. The average molecular weight is 279 g/mol. The molecule has 2 rings (SSSR count). The average Bonchev–Trinajstić information content (AvgIpc) is 2.74. The van der Waals surface area contributed by atoms with Gasteiger partial charge in [-0.15, -0.1) is 0 Å². The highest BCUT2D eigenvalue weighted by molar-refractivity contribution is 5.19. The number of nitrogens with two attached hydrogens (primary N) is 1. The Kier molecular flexibility index (Phi) is 4.49. The van der Waals surface area contributed by atoms with Crippen molar-refractivity contribution in [1.82, 2.24) is 9.78 Å². The van der Waals surface area contributed by atoms with Crippen LogP contribution < -0.4 is 5.73 Å². The topological polar surface area (TPSA) is 43.8 Å². The number of benzene rings is 1. The molecule has 5 heteroatoms. The summed E-state index contributed by atoms with van der Waals surface area (Å²) < 4.78 is 27.9. The van der Waals surface area contributed by atoms with Gasteiger partial charge in [0, 0.05) is 24.7 Å². The first-order valence-corrected chi connectivity index (χ1v) is 6.72. The van der Waals surface area contributed by atoms with Crippen molar-refractivity contribution in [2.45, 2.75) is 39.3 Å². The summed E-state index contributed by atoms with van der Waals surface area (Å²) in [5, 5.41) is 4.37. The van der Waals surface area contributed by atoms with Crippen LogP contribution in [0.2, 0.25) is 0 Å². The molecule has 1 heterocycles. The molecule has 0 saturated carbocycles. The second kappa shape index (κ2) is 6.13. The van der Waals surface area contributed by atoms with E-state index in [2.05, 4.69) is 5.10 Å². The molecule has 0 amide bonds. The monoisotopic (exact) mass is 279 g/mol. The van der Waals surface area contributed by atoms with Gasteiger partial charge in [-0.25, -0.2) is 8.78 Å². The molecule has 3 nitrogen and oxygen atoms in total. The molecule has 0 aliphatic rings. The molecule has 0 bridgehead atoms. The lowest BCUT2D eigenvalue weighted by molar-refractivity contribution is 0.505. The highest BCUT2D eigenvalue weighted by Gasteiger charge is 2.11. The van der Waals surface area contributed by atoms with E-state index in [0.29, 0.717) is 18.4 Å². The summed E-state index contributed by atoms with van der Waals surface area (Å²) in [6, 6.07) is 5.77. The van der Waals surface area contributed by atoms with Crippen LogP contribution in [0.5, 0.6) is 0 Å². The van der Waals surface area contributed by atoms with Crippen molar-refractivity contribution in [3.63, 3.8) is 0 Å². The summed E-state index contributed by atoms with van der Waals surface area (Å²) in [5.74, 6) is -1.66. The van der Waals surface area contributed by atoms with Gasteiger partial charge in [-0.3, -0.25) is 4.68 Å². The molecule has 0 aliphatic carbocycles. The molecular weight excluding hydrogens is 260 g/mol. The summed E-state index contributed by atoms with van der Waals surface area (Å²) in [7, 11) is 0. The fourth-order valence-corrected chi connectivity index (χ4v) is 2.35. The molecule has 0 radical (unpaired) electrons. The molecule has 1 aromatic heterocycles. The summed E-state index contributed by atoms with van der Waals surface area (Å²) in [6.07, 6.45) is 1.17. The van der Waals surface area contributed by atoms with Crippen molar-refractivity contribution in [3.05, 3.63) is 52.9 Å². The maximum absolute atomic E-state index is 13.1. The fourth-order valence-electron chi connectivity index (χ4n) is 2.35. The highest BCUT2D eigenvalue weighted by Crippen LogP contribution is 2.13. The Balaban J connectivity index is 2.04.